The van der Waals surface area contributed by atoms with Crippen molar-refractivity contribution in [3.63, 3.8) is 0 Å². The molecule has 0 aromatic heterocycles. The molecule has 1 aromatic carbocycles. The van der Waals surface area contributed by atoms with Crippen LogP contribution < -0.4 is 10.1 Å². The van der Waals surface area contributed by atoms with E-state index in [-0.39, 0.29) is 24.9 Å². The normalized spacial score (nSPS) is 24.1. The molecule has 1 atom stereocenters. The van der Waals surface area contributed by atoms with Crippen molar-refractivity contribution in [2.45, 2.75) is 12.8 Å². The van der Waals surface area contributed by atoms with Crippen molar-refractivity contribution in [3.05, 3.63) is 29.3 Å². The molecule has 6 heteroatoms. The monoisotopic (exact) mass is 330 g/mol. The van der Waals surface area contributed by atoms with Crippen molar-refractivity contribution in [1.29, 1.82) is 0 Å². The third-order valence-electron chi connectivity index (χ3n) is 4.28. The summed E-state index contributed by atoms with van der Waals surface area (Å²) in [5.41, 5.74) is 0.311. The highest BCUT2D eigenvalue weighted by Crippen LogP contribution is 2.35. The Hall–Kier alpha value is -0.970. The summed E-state index contributed by atoms with van der Waals surface area (Å²) in [4.78, 5) is 14.1. The highest BCUT2D eigenvalue weighted by molar-refractivity contribution is 6.30. The summed E-state index contributed by atoms with van der Waals surface area (Å²) in [6.07, 6.45) is 2.27. The number of carbonyl (C=O) groups excluding carboxylic acids is 1. The molecular formula is C15H20Cl2N2O2. The van der Waals surface area contributed by atoms with Gasteiger partial charge in [0.25, 0.3) is 5.91 Å². The van der Waals surface area contributed by atoms with E-state index in [9.17, 15) is 4.79 Å². The Morgan fingerprint density at radius 3 is 3.00 bits per heavy atom. The van der Waals surface area contributed by atoms with Gasteiger partial charge < -0.3 is 15.0 Å². The second-order valence-electron chi connectivity index (χ2n) is 5.74. The number of hydrogen-bond acceptors (Lipinski definition) is 3. The Morgan fingerprint density at radius 2 is 2.29 bits per heavy atom. The van der Waals surface area contributed by atoms with Crippen LogP contribution in [0.4, 0.5) is 0 Å². The van der Waals surface area contributed by atoms with E-state index in [0.29, 0.717) is 16.2 Å². The van der Waals surface area contributed by atoms with Gasteiger partial charge in [0.05, 0.1) is 0 Å². The first-order valence-electron chi connectivity index (χ1n) is 7.04. The zero-order valence-electron chi connectivity index (χ0n) is 11.8. The van der Waals surface area contributed by atoms with Crippen LogP contribution >= 0.6 is 24.0 Å². The van der Waals surface area contributed by atoms with E-state index in [0.717, 1.165) is 32.6 Å². The van der Waals surface area contributed by atoms with Crippen LogP contribution in [0.15, 0.2) is 24.3 Å². The largest absolute Gasteiger partial charge is 0.484 e. The van der Waals surface area contributed by atoms with E-state index in [1.54, 1.807) is 12.1 Å². The lowest BCUT2D eigenvalue weighted by Crippen LogP contribution is -2.36. The molecule has 4 nitrogen and oxygen atoms in total. The molecule has 2 heterocycles. The topological polar surface area (TPSA) is 41.6 Å². The summed E-state index contributed by atoms with van der Waals surface area (Å²) in [6.45, 7) is 3.90. The smallest absolute Gasteiger partial charge is 0.260 e. The van der Waals surface area contributed by atoms with Gasteiger partial charge in [-0.3, -0.25) is 4.79 Å². The van der Waals surface area contributed by atoms with E-state index in [2.05, 4.69) is 5.32 Å². The quantitative estimate of drug-likeness (QED) is 0.924. The van der Waals surface area contributed by atoms with E-state index in [1.165, 1.54) is 6.42 Å². The molecule has 2 saturated heterocycles. The molecule has 21 heavy (non-hydrogen) atoms. The zero-order chi connectivity index (χ0) is 14.0. The Kier molecular flexibility index (Phi) is 5.36. The Morgan fingerprint density at radius 1 is 1.43 bits per heavy atom. The van der Waals surface area contributed by atoms with Gasteiger partial charge in [0.15, 0.2) is 6.61 Å². The van der Waals surface area contributed by atoms with Gasteiger partial charge in [-0.15, -0.1) is 12.4 Å². The molecule has 1 amide bonds. The number of nitrogens with zero attached hydrogens (tertiary/aromatic N) is 1. The van der Waals surface area contributed by atoms with Crippen LogP contribution in [0.25, 0.3) is 0 Å². The molecule has 3 rings (SSSR count). The number of likely N-dealkylation sites (tertiary alicyclic amines) is 1. The average Bonchev–Trinajstić information content (AvgIpc) is 3.07. The van der Waals surface area contributed by atoms with Crippen molar-refractivity contribution in [2.24, 2.45) is 5.41 Å². The third-order valence-corrected chi connectivity index (χ3v) is 4.52. The zero-order valence-corrected chi connectivity index (χ0v) is 13.4. The van der Waals surface area contributed by atoms with Crippen LogP contribution in [-0.2, 0) is 4.79 Å². The maximum Gasteiger partial charge on any atom is 0.260 e. The lowest BCUT2D eigenvalue weighted by atomic mass is 9.87. The molecule has 1 aromatic rings. The molecule has 0 saturated carbocycles. The molecule has 2 aliphatic rings. The predicted octanol–water partition coefficient (Wildman–Crippen LogP) is 2.35. The van der Waals surface area contributed by atoms with Gasteiger partial charge in [-0.25, -0.2) is 0 Å². The van der Waals surface area contributed by atoms with E-state index >= 15 is 0 Å². The van der Waals surface area contributed by atoms with Crippen LogP contribution in [-0.4, -0.2) is 43.6 Å². The van der Waals surface area contributed by atoms with Gasteiger partial charge in [-0.1, -0.05) is 17.7 Å². The first-order valence-corrected chi connectivity index (χ1v) is 7.42. The summed E-state index contributed by atoms with van der Waals surface area (Å²) >= 11 is 5.89. The van der Waals surface area contributed by atoms with Crippen molar-refractivity contribution in [1.82, 2.24) is 10.2 Å². The van der Waals surface area contributed by atoms with Crippen LogP contribution in [0.2, 0.25) is 5.02 Å². The lowest BCUT2D eigenvalue weighted by molar-refractivity contribution is -0.132. The second kappa shape index (κ2) is 6.86. The van der Waals surface area contributed by atoms with Gasteiger partial charge in [0.2, 0.25) is 0 Å². The molecule has 116 valence electrons. The first-order chi connectivity index (χ1) is 9.67. The molecule has 0 aliphatic carbocycles. The molecule has 0 bridgehead atoms. The maximum atomic E-state index is 12.2. The van der Waals surface area contributed by atoms with Crippen LogP contribution in [0, 0.1) is 5.41 Å². The Labute approximate surface area is 136 Å². The minimum atomic E-state index is 0. The summed E-state index contributed by atoms with van der Waals surface area (Å²) < 4.78 is 5.52. The van der Waals surface area contributed by atoms with Crippen LogP contribution in [0.5, 0.6) is 5.75 Å². The molecule has 1 unspecified atom stereocenters. The summed E-state index contributed by atoms with van der Waals surface area (Å²) in [5.74, 6) is 0.705. The Balaban J connectivity index is 0.00000161. The fraction of sp³-hybridized carbons (Fsp3) is 0.533. The summed E-state index contributed by atoms with van der Waals surface area (Å²) in [7, 11) is 0. The third kappa shape index (κ3) is 3.82. The standard InChI is InChI=1S/C15H19ClN2O2.ClH/c16-12-2-1-3-13(8-12)20-9-14(19)18-7-5-15(11-18)4-6-17-10-15;/h1-3,8,17H,4-7,9-11H2;1H. The number of ether oxygens (including phenoxy) is 1. The van der Waals surface area contributed by atoms with Gasteiger partial charge in [-0.05, 0) is 37.6 Å². The summed E-state index contributed by atoms with van der Waals surface area (Å²) in [5, 5.41) is 4.01. The van der Waals surface area contributed by atoms with E-state index < -0.39 is 0 Å². The molecule has 1 N–H and O–H groups in total. The molecule has 1 spiro atoms. The number of halogens is 2. The van der Waals surface area contributed by atoms with Crippen LogP contribution in [0.1, 0.15) is 12.8 Å². The van der Waals surface area contributed by atoms with E-state index in [4.69, 9.17) is 16.3 Å². The fourth-order valence-electron chi connectivity index (χ4n) is 3.08. The van der Waals surface area contributed by atoms with Gasteiger partial charge >= 0.3 is 0 Å². The van der Waals surface area contributed by atoms with Gasteiger partial charge in [0, 0.05) is 30.1 Å². The average molecular weight is 331 g/mol. The van der Waals surface area contributed by atoms with Crippen molar-refractivity contribution in [2.75, 3.05) is 32.8 Å². The number of rotatable bonds is 3. The molecule has 2 aliphatic heterocycles. The van der Waals surface area contributed by atoms with Gasteiger partial charge in [0.1, 0.15) is 5.75 Å². The predicted molar refractivity (Wildman–Crippen MR) is 85.3 cm³/mol. The second-order valence-corrected chi connectivity index (χ2v) is 6.17. The molecular weight excluding hydrogens is 311 g/mol. The summed E-state index contributed by atoms with van der Waals surface area (Å²) in [6, 6.07) is 7.14. The number of carbonyl (C=O) groups is 1. The SMILES string of the molecule is Cl.O=C(COc1cccc(Cl)c1)N1CCC2(CCNC2)C1. The van der Waals surface area contributed by atoms with Crippen molar-refractivity contribution >= 4 is 29.9 Å². The first kappa shape index (κ1) is 16.4. The highest BCUT2D eigenvalue weighted by Gasteiger charge is 2.41. The fourth-order valence-corrected chi connectivity index (χ4v) is 3.27. The number of hydrogen-bond donors (Lipinski definition) is 1. The Bertz CT molecular complexity index is 504. The van der Waals surface area contributed by atoms with Gasteiger partial charge in [-0.2, -0.15) is 0 Å². The number of amides is 1. The molecule has 2 fully saturated rings. The minimum absolute atomic E-state index is 0. The lowest BCUT2D eigenvalue weighted by Gasteiger charge is -2.22. The van der Waals surface area contributed by atoms with Crippen molar-refractivity contribution < 1.29 is 9.53 Å². The van der Waals surface area contributed by atoms with Crippen LogP contribution in [0.3, 0.4) is 0 Å². The number of nitrogens with one attached hydrogen (secondary N) is 1. The maximum absolute atomic E-state index is 12.2. The van der Waals surface area contributed by atoms with Crippen molar-refractivity contribution in [3.8, 4) is 5.75 Å². The minimum Gasteiger partial charge on any atom is -0.484 e. The highest BCUT2D eigenvalue weighted by atomic mass is 35.5. The number of benzene rings is 1. The molecule has 0 radical (unpaired) electrons. The van der Waals surface area contributed by atoms with E-state index in [1.807, 2.05) is 17.0 Å².